The van der Waals surface area contributed by atoms with Crippen LogP contribution in [0.25, 0.3) is 11.1 Å². The number of ether oxygens (including phenoxy) is 1. The topological polar surface area (TPSA) is 26.3 Å². The van der Waals surface area contributed by atoms with E-state index in [1.54, 1.807) is 0 Å². The zero-order valence-electron chi connectivity index (χ0n) is 12.5. The van der Waals surface area contributed by atoms with Gasteiger partial charge in [0, 0.05) is 6.42 Å². The van der Waals surface area contributed by atoms with Crippen LogP contribution in [0.5, 0.6) is 5.75 Å². The van der Waals surface area contributed by atoms with Crippen LogP contribution in [-0.2, 0) is 12.4 Å². The second-order valence-corrected chi connectivity index (χ2v) is 5.53. The minimum absolute atomic E-state index is 0.0656. The van der Waals surface area contributed by atoms with Crippen LogP contribution < -0.4 is 4.74 Å². The van der Waals surface area contributed by atoms with Crippen molar-refractivity contribution in [3.63, 3.8) is 0 Å². The fourth-order valence-electron chi connectivity index (χ4n) is 2.56. The van der Waals surface area contributed by atoms with Gasteiger partial charge in [0.05, 0.1) is 23.3 Å². The van der Waals surface area contributed by atoms with Crippen molar-refractivity contribution in [2.75, 3.05) is 6.61 Å². The number of hydrogen-bond acceptors (Lipinski definition) is 2. The van der Waals surface area contributed by atoms with Crippen LogP contribution in [0.15, 0.2) is 36.4 Å². The lowest BCUT2D eigenvalue weighted by molar-refractivity contribution is -0.143. The maximum atomic E-state index is 12.9. The lowest BCUT2D eigenvalue weighted by atomic mass is 9.95. The average Bonchev–Trinajstić information content (AvgIpc) is 2.53. The number of Topliss-reactive ketones (excluding diaryl/α,β-unsaturated/α-hetero) is 1. The molecule has 0 aliphatic carbocycles. The van der Waals surface area contributed by atoms with E-state index in [0.717, 1.165) is 0 Å². The van der Waals surface area contributed by atoms with Gasteiger partial charge in [-0.25, -0.2) is 0 Å². The maximum Gasteiger partial charge on any atom is 0.416 e. The van der Waals surface area contributed by atoms with Crippen molar-refractivity contribution in [2.45, 2.75) is 18.8 Å². The molecule has 1 aliphatic rings. The van der Waals surface area contributed by atoms with Gasteiger partial charge in [0.15, 0.2) is 5.78 Å². The van der Waals surface area contributed by atoms with Gasteiger partial charge < -0.3 is 4.74 Å². The molecule has 0 radical (unpaired) electrons. The number of alkyl halides is 6. The van der Waals surface area contributed by atoms with Crippen LogP contribution in [0.1, 0.15) is 27.9 Å². The number of carbonyl (C=O) groups excluding carboxylic acids is 1. The summed E-state index contributed by atoms with van der Waals surface area (Å²) in [4.78, 5) is 11.9. The highest BCUT2D eigenvalue weighted by atomic mass is 19.4. The first-order valence-corrected chi connectivity index (χ1v) is 7.15. The van der Waals surface area contributed by atoms with E-state index in [-0.39, 0.29) is 47.3 Å². The fourth-order valence-corrected chi connectivity index (χ4v) is 2.56. The van der Waals surface area contributed by atoms with E-state index < -0.39 is 23.5 Å². The summed E-state index contributed by atoms with van der Waals surface area (Å²) < 4.78 is 82.9. The van der Waals surface area contributed by atoms with Gasteiger partial charge in [-0.1, -0.05) is 6.07 Å². The minimum Gasteiger partial charge on any atom is -0.492 e. The number of fused-ring (bicyclic) bond motifs is 1. The van der Waals surface area contributed by atoms with E-state index in [1.807, 2.05) is 0 Å². The predicted octanol–water partition coefficient (Wildman–Crippen LogP) is 5.36. The standard InChI is InChI=1S/C17H10F6O2/c18-16(19,20)11-5-10(6-12(8-11)17(21,22)23)9-1-2-15-13(7-9)14(24)3-4-25-15/h1-2,5-8H,3-4H2. The molecule has 0 saturated carbocycles. The molecule has 132 valence electrons. The summed E-state index contributed by atoms with van der Waals surface area (Å²) in [6.07, 6.45) is -9.75. The molecule has 0 N–H and O–H groups in total. The van der Waals surface area contributed by atoms with Crippen molar-refractivity contribution in [3.8, 4) is 16.9 Å². The molecule has 0 bridgehead atoms. The Morgan fingerprint density at radius 3 is 1.96 bits per heavy atom. The predicted molar refractivity (Wildman–Crippen MR) is 76.3 cm³/mol. The van der Waals surface area contributed by atoms with E-state index >= 15 is 0 Å². The maximum absolute atomic E-state index is 12.9. The Balaban J connectivity index is 2.17. The molecule has 25 heavy (non-hydrogen) atoms. The molecule has 0 aromatic heterocycles. The highest BCUT2D eigenvalue weighted by molar-refractivity contribution is 6.00. The van der Waals surface area contributed by atoms with E-state index in [2.05, 4.69) is 0 Å². The largest absolute Gasteiger partial charge is 0.492 e. The van der Waals surface area contributed by atoms with Crippen LogP contribution >= 0.6 is 0 Å². The molecular weight excluding hydrogens is 350 g/mol. The van der Waals surface area contributed by atoms with Gasteiger partial charge in [0.2, 0.25) is 0 Å². The summed E-state index contributed by atoms with van der Waals surface area (Å²) in [6.45, 7) is 0.187. The average molecular weight is 360 g/mol. The second-order valence-electron chi connectivity index (χ2n) is 5.53. The number of benzene rings is 2. The Morgan fingerprint density at radius 1 is 0.800 bits per heavy atom. The zero-order chi connectivity index (χ0) is 18.4. The van der Waals surface area contributed by atoms with Gasteiger partial charge >= 0.3 is 12.4 Å². The van der Waals surface area contributed by atoms with Crippen LogP contribution in [0, 0.1) is 0 Å². The van der Waals surface area contributed by atoms with E-state index in [0.29, 0.717) is 12.1 Å². The van der Waals surface area contributed by atoms with Crippen molar-refractivity contribution in [1.29, 1.82) is 0 Å². The van der Waals surface area contributed by atoms with E-state index in [4.69, 9.17) is 4.74 Å². The molecule has 8 heteroatoms. The highest BCUT2D eigenvalue weighted by Gasteiger charge is 2.37. The van der Waals surface area contributed by atoms with Crippen molar-refractivity contribution in [3.05, 3.63) is 53.1 Å². The van der Waals surface area contributed by atoms with Crippen molar-refractivity contribution >= 4 is 5.78 Å². The Morgan fingerprint density at radius 2 is 1.40 bits per heavy atom. The lowest BCUT2D eigenvalue weighted by Crippen LogP contribution is -2.15. The quantitative estimate of drug-likeness (QED) is 0.641. The molecular formula is C17H10F6O2. The first kappa shape index (κ1) is 17.3. The van der Waals surface area contributed by atoms with Crippen molar-refractivity contribution in [1.82, 2.24) is 0 Å². The normalized spacial score (nSPS) is 14.9. The zero-order valence-corrected chi connectivity index (χ0v) is 12.5. The molecule has 1 heterocycles. The minimum atomic E-state index is -4.93. The Labute approximate surface area is 138 Å². The van der Waals surface area contributed by atoms with Gasteiger partial charge in [-0.05, 0) is 41.5 Å². The monoisotopic (exact) mass is 360 g/mol. The molecule has 1 aliphatic heterocycles. The molecule has 2 nitrogen and oxygen atoms in total. The number of halogens is 6. The molecule has 2 aromatic carbocycles. The van der Waals surface area contributed by atoms with Gasteiger partial charge in [-0.15, -0.1) is 0 Å². The molecule has 0 atom stereocenters. The molecule has 0 spiro atoms. The van der Waals surface area contributed by atoms with Gasteiger partial charge in [0.1, 0.15) is 5.75 Å². The fraction of sp³-hybridized carbons (Fsp3) is 0.235. The summed E-state index contributed by atoms with van der Waals surface area (Å²) in [7, 11) is 0. The molecule has 2 aromatic rings. The van der Waals surface area contributed by atoms with Crippen molar-refractivity contribution < 1.29 is 35.9 Å². The Bertz CT molecular complexity index is 804. The van der Waals surface area contributed by atoms with Crippen LogP contribution in [0.3, 0.4) is 0 Å². The summed E-state index contributed by atoms with van der Waals surface area (Å²) in [5.41, 5.74) is -2.86. The number of ketones is 1. The van der Waals surface area contributed by atoms with E-state index in [1.165, 1.54) is 18.2 Å². The van der Waals surface area contributed by atoms with E-state index in [9.17, 15) is 31.1 Å². The van der Waals surface area contributed by atoms with Gasteiger partial charge in [-0.3, -0.25) is 4.79 Å². The third kappa shape index (κ3) is 3.47. The Hall–Kier alpha value is -2.51. The molecule has 0 fully saturated rings. The summed E-state index contributed by atoms with van der Waals surface area (Å²) >= 11 is 0. The summed E-state index contributed by atoms with van der Waals surface area (Å²) in [5.74, 6) is -0.00542. The van der Waals surface area contributed by atoms with Crippen LogP contribution in [-0.4, -0.2) is 12.4 Å². The second kappa shape index (κ2) is 5.79. The first-order valence-electron chi connectivity index (χ1n) is 7.15. The Kier molecular flexibility index (Phi) is 4.01. The lowest BCUT2D eigenvalue weighted by Gasteiger charge is -2.18. The van der Waals surface area contributed by atoms with Crippen molar-refractivity contribution in [2.24, 2.45) is 0 Å². The molecule has 0 amide bonds. The molecule has 3 rings (SSSR count). The third-order valence-corrected chi connectivity index (χ3v) is 3.79. The number of hydrogen-bond donors (Lipinski definition) is 0. The number of carbonyl (C=O) groups is 1. The van der Waals surface area contributed by atoms with Crippen LogP contribution in [0.4, 0.5) is 26.3 Å². The van der Waals surface area contributed by atoms with Crippen LogP contribution in [0.2, 0.25) is 0 Å². The molecule has 0 saturated heterocycles. The third-order valence-electron chi connectivity index (χ3n) is 3.79. The van der Waals surface area contributed by atoms with Gasteiger partial charge in [0.25, 0.3) is 0 Å². The SMILES string of the molecule is O=C1CCOc2ccc(-c3cc(C(F)(F)F)cc(C(F)(F)F)c3)cc21. The first-order chi connectivity index (χ1) is 11.6. The summed E-state index contributed by atoms with van der Waals surface area (Å²) in [6, 6.07) is 5.28. The highest BCUT2D eigenvalue weighted by Crippen LogP contribution is 2.39. The smallest absolute Gasteiger partial charge is 0.416 e. The van der Waals surface area contributed by atoms with Gasteiger partial charge in [-0.2, -0.15) is 26.3 Å². The molecule has 0 unspecified atom stereocenters. The number of rotatable bonds is 1. The summed E-state index contributed by atoms with van der Waals surface area (Å²) in [5, 5.41) is 0.